The molecule has 0 amide bonds. The van der Waals surface area contributed by atoms with Gasteiger partial charge in [-0.3, -0.25) is 0 Å². The zero-order valence-corrected chi connectivity index (χ0v) is 10.5. The van der Waals surface area contributed by atoms with Gasteiger partial charge in [-0.2, -0.15) is 0 Å². The minimum atomic E-state index is -1.69. The van der Waals surface area contributed by atoms with Crippen LogP contribution >= 0.6 is 11.3 Å². The van der Waals surface area contributed by atoms with E-state index in [0.717, 1.165) is 10.4 Å². The number of carbonyl (C=O) groups excluding carboxylic acids is 1. The molecule has 6 heteroatoms. The first-order valence-corrected chi connectivity index (χ1v) is 6.08. The fraction of sp³-hybridized carbons (Fsp3) is 0.0833. The maximum Gasteiger partial charge on any atom is 0.490 e. The van der Waals surface area contributed by atoms with Gasteiger partial charge in [-0.25, -0.2) is 4.79 Å². The average Bonchev–Trinajstić information content (AvgIpc) is 2.84. The van der Waals surface area contributed by atoms with Gasteiger partial charge in [-0.15, -0.1) is 11.3 Å². The maximum absolute atomic E-state index is 11.5. The van der Waals surface area contributed by atoms with Crippen molar-refractivity contribution in [1.82, 2.24) is 0 Å². The Bertz CT molecular complexity index is 550. The van der Waals surface area contributed by atoms with E-state index < -0.39 is 13.1 Å². The van der Waals surface area contributed by atoms with Crippen molar-refractivity contribution in [3.05, 3.63) is 41.3 Å². The Balaban J connectivity index is 2.49. The van der Waals surface area contributed by atoms with Gasteiger partial charge in [0.2, 0.25) is 0 Å². The van der Waals surface area contributed by atoms with Gasteiger partial charge >= 0.3 is 13.1 Å². The Morgan fingerprint density at radius 3 is 2.50 bits per heavy atom. The Labute approximate surface area is 109 Å². The molecule has 0 saturated heterocycles. The minimum Gasteiger partial charge on any atom is -0.465 e. The second-order valence-electron chi connectivity index (χ2n) is 3.63. The van der Waals surface area contributed by atoms with E-state index in [0.29, 0.717) is 0 Å². The standard InChI is InChI=1S/C12H11BO4S/c1-17-12(14)11-9(13(15)16)7-10(18-11)8-5-3-2-4-6-8/h2-7,15-16H,1H3. The van der Waals surface area contributed by atoms with Crippen molar-refractivity contribution in [2.75, 3.05) is 7.11 Å². The molecule has 18 heavy (non-hydrogen) atoms. The normalized spacial score (nSPS) is 10.2. The molecule has 1 aromatic heterocycles. The molecule has 92 valence electrons. The number of hydrogen-bond acceptors (Lipinski definition) is 5. The topological polar surface area (TPSA) is 66.8 Å². The Morgan fingerprint density at radius 2 is 1.94 bits per heavy atom. The highest BCUT2D eigenvalue weighted by atomic mass is 32.1. The molecule has 0 bridgehead atoms. The number of benzene rings is 1. The summed E-state index contributed by atoms with van der Waals surface area (Å²) in [6.07, 6.45) is 0. The summed E-state index contributed by atoms with van der Waals surface area (Å²) in [6.45, 7) is 0. The van der Waals surface area contributed by atoms with Crippen LogP contribution in [-0.2, 0) is 4.74 Å². The molecule has 2 N–H and O–H groups in total. The lowest BCUT2D eigenvalue weighted by molar-refractivity contribution is 0.0607. The lowest BCUT2D eigenvalue weighted by Gasteiger charge is -1.99. The number of thiophene rings is 1. The van der Waals surface area contributed by atoms with Crippen molar-refractivity contribution in [3.63, 3.8) is 0 Å². The molecule has 0 unspecified atom stereocenters. The van der Waals surface area contributed by atoms with Gasteiger partial charge in [-0.05, 0) is 11.6 Å². The van der Waals surface area contributed by atoms with Crippen molar-refractivity contribution in [2.24, 2.45) is 0 Å². The highest BCUT2D eigenvalue weighted by Gasteiger charge is 2.25. The molecule has 0 saturated carbocycles. The second kappa shape index (κ2) is 5.35. The van der Waals surface area contributed by atoms with Crippen molar-refractivity contribution < 1.29 is 19.6 Å². The summed E-state index contributed by atoms with van der Waals surface area (Å²) < 4.78 is 4.63. The molecule has 0 fully saturated rings. The number of carbonyl (C=O) groups is 1. The van der Waals surface area contributed by atoms with E-state index in [1.54, 1.807) is 6.07 Å². The van der Waals surface area contributed by atoms with Crippen LogP contribution < -0.4 is 5.46 Å². The van der Waals surface area contributed by atoms with Crippen LogP contribution in [0.1, 0.15) is 9.67 Å². The van der Waals surface area contributed by atoms with Crippen LogP contribution in [0.25, 0.3) is 10.4 Å². The highest BCUT2D eigenvalue weighted by Crippen LogP contribution is 2.27. The first-order valence-electron chi connectivity index (χ1n) is 5.27. The summed E-state index contributed by atoms with van der Waals surface area (Å²) >= 11 is 1.18. The third kappa shape index (κ3) is 2.45. The molecule has 1 aromatic carbocycles. The molecule has 4 nitrogen and oxygen atoms in total. The zero-order valence-electron chi connectivity index (χ0n) is 9.66. The molecule has 1 heterocycles. The molecular weight excluding hydrogens is 251 g/mol. The van der Waals surface area contributed by atoms with Gasteiger partial charge in [0.25, 0.3) is 0 Å². The lowest BCUT2D eigenvalue weighted by atomic mass is 9.80. The molecule has 2 rings (SSSR count). The van der Waals surface area contributed by atoms with Gasteiger partial charge in [0.1, 0.15) is 4.88 Å². The van der Waals surface area contributed by atoms with Crippen molar-refractivity contribution in [1.29, 1.82) is 0 Å². The molecule has 0 spiro atoms. The monoisotopic (exact) mass is 262 g/mol. The summed E-state index contributed by atoms with van der Waals surface area (Å²) in [5.41, 5.74) is 1.09. The van der Waals surface area contributed by atoms with Crippen LogP contribution in [-0.4, -0.2) is 30.2 Å². The SMILES string of the molecule is COC(=O)c1sc(-c2ccccc2)cc1B(O)O. The lowest BCUT2D eigenvalue weighted by Crippen LogP contribution is -2.32. The quantitative estimate of drug-likeness (QED) is 0.636. The van der Waals surface area contributed by atoms with Crippen LogP contribution in [0.2, 0.25) is 0 Å². The van der Waals surface area contributed by atoms with Crippen molar-refractivity contribution in [3.8, 4) is 10.4 Å². The third-order valence-corrected chi connectivity index (χ3v) is 3.65. The summed E-state index contributed by atoms with van der Waals surface area (Å²) in [5.74, 6) is -0.565. The van der Waals surface area contributed by atoms with Gasteiger partial charge in [0, 0.05) is 10.3 Å². The van der Waals surface area contributed by atoms with E-state index in [4.69, 9.17) is 0 Å². The molecule has 0 aliphatic heterocycles. The maximum atomic E-state index is 11.5. The van der Waals surface area contributed by atoms with Crippen molar-refractivity contribution in [2.45, 2.75) is 0 Å². The van der Waals surface area contributed by atoms with Crippen LogP contribution in [0, 0.1) is 0 Å². The molecule has 0 radical (unpaired) electrons. The zero-order chi connectivity index (χ0) is 13.1. The molecule has 0 atom stereocenters. The fourth-order valence-electron chi connectivity index (χ4n) is 1.59. The first kappa shape index (κ1) is 12.8. The number of hydrogen-bond donors (Lipinski definition) is 2. The Hall–Kier alpha value is -1.63. The summed E-state index contributed by atoms with van der Waals surface area (Å²) in [6, 6.07) is 11.0. The van der Waals surface area contributed by atoms with Gasteiger partial charge in [-0.1, -0.05) is 30.3 Å². The highest BCUT2D eigenvalue weighted by molar-refractivity contribution is 7.18. The molecule has 0 aliphatic rings. The van der Waals surface area contributed by atoms with E-state index in [9.17, 15) is 14.8 Å². The van der Waals surface area contributed by atoms with E-state index in [1.165, 1.54) is 18.4 Å². The summed E-state index contributed by atoms with van der Waals surface area (Å²) in [7, 11) is -0.426. The molecule has 2 aromatic rings. The van der Waals surface area contributed by atoms with E-state index >= 15 is 0 Å². The molecule has 0 aliphatic carbocycles. The van der Waals surface area contributed by atoms with E-state index in [-0.39, 0.29) is 10.3 Å². The Morgan fingerprint density at radius 1 is 1.28 bits per heavy atom. The minimum absolute atomic E-state index is 0.172. The average molecular weight is 262 g/mol. The molecular formula is C12H11BO4S. The van der Waals surface area contributed by atoms with Crippen LogP contribution in [0.15, 0.2) is 36.4 Å². The van der Waals surface area contributed by atoms with E-state index in [2.05, 4.69) is 4.74 Å². The van der Waals surface area contributed by atoms with Crippen LogP contribution in [0.5, 0.6) is 0 Å². The predicted molar refractivity (Wildman–Crippen MR) is 70.9 cm³/mol. The second-order valence-corrected chi connectivity index (χ2v) is 4.68. The summed E-state index contributed by atoms with van der Waals surface area (Å²) in [5, 5.41) is 18.5. The van der Waals surface area contributed by atoms with Crippen molar-refractivity contribution >= 4 is 29.9 Å². The van der Waals surface area contributed by atoms with Gasteiger partial charge < -0.3 is 14.8 Å². The van der Waals surface area contributed by atoms with Gasteiger partial charge in [0.15, 0.2) is 0 Å². The Kier molecular flexibility index (Phi) is 3.81. The number of rotatable bonds is 3. The van der Waals surface area contributed by atoms with Crippen LogP contribution in [0.3, 0.4) is 0 Å². The summed E-state index contributed by atoms with van der Waals surface area (Å²) in [4.78, 5) is 12.6. The smallest absolute Gasteiger partial charge is 0.465 e. The third-order valence-electron chi connectivity index (χ3n) is 2.47. The fourth-order valence-corrected chi connectivity index (χ4v) is 2.70. The number of methoxy groups -OCH3 is 1. The first-order chi connectivity index (χ1) is 8.63. The van der Waals surface area contributed by atoms with Gasteiger partial charge in [0.05, 0.1) is 7.11 Å². The predicted octanol–water partition coefficient (Wildman–Crippen LogP) is 0.881. The number of esters is 1. The van der Waals surface area contributed by atoms with E-state index in [1.807, 2.05) is 30.3 Å². The largest absolute Gasteiger partial charge is 0.490 e. The number of ether oxygens (including phenoxy) is 1. The van der Waals surface area contributed by atoms with Crippen LogP contribution in [0.4, 0.5) is 0 Å².